The second-order valence-corrected chi connectivity index (χ2v) is 10.5. The van der Waals surface area contributed by atoms with Gasteiger partial charge in [0.05, 0.1) is 18.7 Å². The summed E-state index contributed by atoms with van der Waals surface area (Å²) in [5.41, 5.74) is 3.48. The van der Waals surface area contributed by atoms with Gasteiger partial charge in [-0.1, -0.05) is 31.2 Å². The number of benzene rings is 1. The first-order valence-electron chi connectivity index (χ1n) is 12.7. The van der Waals surface area contributed by atoms with Gasteiger partial charge in [0.1, 0.15) is 11.5 Å². The molecule has 0 spiro atoms. The normalized spacial score (nSPS) is 21.1. The molecule has 2 aliphatic heterocycles. The van der Waals surface area contributed by atoms with E-state index < -0.39 is 0 Å². The molecule has 1 atom stereocenters. The second-order valence-electron chi connectivity index (χ2n) is 10.5. The summed E-state index contributed by atoms with van der Waals surface area (Å²) >= 11 is 0. The van der Waals surface area contributed by atoms with Crippen molar-refractivity contribution in [3.05, 3.63) is 65.4 Å². The number of ether oxygens (including phenoxy) is 1. The van der Waals surface area contributed by atoms with Gasteiger partial charge < -0.3 is 14.5 Å². The number of para-hydroxylation sites is 1. The first-order chi connectivity index (χ1) is 16.9. The van der Waals surface area contributed by atoms with Gasteiger partial charge in [0, 0.05) is 41.7 Å². The van der Waals surface area contributed by atoms with Crippen LogP contribution in [-0.4, -0.2) is 77.1 Å². The first kappa shape index (κ1) is 23.8. The summed E-state index contributed by atoms with van der Waals surface area (Å²) in [4.78, 5) is 32.1. The van der Waals surface area contributed by atoms with E-state index in [2.05, 4.69) is 48.1 Å². The van der Waals surface area contributed by atoms with Crippen molar-refractivity contribution in [2.24, 2.45) is 5.92 Å². The van der Waals surface area contributed by atoms with Crippen LogP contribution in [0.25, 0.3) is 10.9 Å². The molecule has 35 heavy (non-hydrogen) atoms. The smallest absolute Gasteiger partial charge is 0.272 e. The van der Waals surface area contributed by atoms with E-state index in [0.717, 1.165) is 54.8 Å². The largest absolute Gasteiger partial charge is 0.379 e. The van der Waals surface area contributed by atoms with Crippen LogP contribution in [0.2, 0.25) is 0 Å². The molecular formula is C28H35N5O2. The predicted octanol–water partition coefficient (Wildman–Crippen LogP) is 3.65. The fourth-order valence-electron chi connectivity index (χ4n) is 5.28. The number of pyridine rings is 1. The molecule has 0 bridgehead atoms. The molecule has 0 N–H and O–H groups in total. The highest BCUT2D eigenvalue weighted by Gasteiger charge is 2.35. The molecule has 1 amide bonds. The van der Waals surface area contributed by atoms with Crippen molar-refractivity contribution >= 4 is 16.8 Å². The molecule has 1 unspecified atom stereocenters. The number of hydrogen-bond donors (Lipinski definition) is 0. The number of nitrogens with zero attached hydrogens (tertiary/aromatic N) is 5. The van der Waals surface area contributed by atoms with Gasteiger partial charge in [0.2, 0.25) is 0 Å². The van der Waals surface area contributed by atoms with Gasteiger partial charge in [0.15, 0.2) is 0 Å². The van der Waals surface area contributed by atoms with Gasteiger partial charge in [-0.3, -0.25) is 9.78 Å². The zero-order valence-electron chi connectivity index (χ0n) is 21.0. The molecular weight excluding hydrogens is 438 g/mol. The molecule has 5 rings (SSSR count). The summed E-state index contributed by atoms with van der Waals surface area (Å²) in [7, 11) is 2.15. The van der Waals surface area contributed by atoms with Crippen molar-refractivity contribution in [3.63, 3.8) is 0 Å². The lowest BCUT2D eigenvalue weighted by atomic mass is 9.79. The van der Waals surface area contributed by atoms with Crippen molar-refractivity contribution in [3.8, 4) is 0 Å². The Morgan fingerprint density at radius 3 is 2.77 bits per heavy atom. The van der Waals surface area contributed by atoms with Crippen molar-refractivity contribution in [1.82, 2.24) is 24.8 Å². The number of fused-ring (bicyclic) bond motifs is 1. The molecule has 4 heterocycles. The van der Waals surface area contributed by atoms with Gasteiger partial charge in [0.25, 0.3) is 5.91 Å². The third-order valence-corrected chi connectivity index (χ3v) is 7.55. The maximum Gasteiger partial charge on any atom is 0.272 e. The average Bonchev–Trinajstić information content (AvgIpc) is 3.11. The third-order valence-electron chi connectivity index (χ3n) is 7.55. The predicted molar refractivity (Wildman–Crippen MR) is 137 cm³/mol. The average molecular weight is 474 g/mol. The Kier molecular flexibility index (Phi) is 6.80. The zero-order valence-corrected chi connectivity index (χ0v) is 21.0. The maximum absolute atomic E-state index is 13.7. The third kappa shape index (κ3) is 5.21. The maximum atomic E-state index is 13.7. The van der Waals surface area contributed by atoms with Crippen molar-refractivity contribution < 1.29 is 9.53 Å². The Morgan fingerprint density at radius 2 is 1.94 bits per heavy atom. The molecule has 2 aliphatic rings. The van der Waals surface area contributed by atoms with Crippen LogP contribution >= 0.6 is 0 Å². The molecule has 7 nitrogen and oxygen atoms in total. The highest BCUT2D eigenvalue weighted by molar-refractivity contribution is 5.92. The number of aromatic nitrogens is 3. The Hall–Kier alpha value is -2.90. The van der Waals surface area contributed by atoms with Gasteiger partial charge in [-0.15, -0.1) is 0 Å². The van der Waals surface area contributed by atoms with Crippen LogP contribution in [-0.2, 0) is 16.6 Å². The number of carbonyl (C=O) groups is 1. The number of carbonyl (C=O) groups excluding carboxylic acids is 1. The lowest BCUT2D eigenvalue weighted by Gasteiger charge is -2.36. The Morgan fingerprint density at radius 1 is 1.14 bits per heavy atom. The van der Waals surface area contributed by atoms with E-state index in [1.54, 1.807) is 0 Å². The van der Waals surface area contributed by atoms with Gasteiger partial charge >= 0.3 is 0 Å². The zero-order chi connectivity index (χ0) is 24.4. The van der Waals surface area contributed by atoms with Crippen molar-refractivity contribution in [2.75, 3.05) is 46.4 Å². The van der Waals surface area contributed by atoms with Crippen LogP contribution in [0.4, 0.5) is 0 Å². The van der Waals surface area contributed by atoms with Crippen LogP contribution in [0.1, 0.15) is 47.3 Å². The van der Waals surface area contributed by atoms with E-state index in [1.165, 1.54) is 5.56 Å². The molecule has 1 aromatic carbocycles. The second kappa shape index (κ2) is 9.99. The van der Waals surface area contributed by atoms with Crippen LogP contribution in [0.3, 0.4) is 0 Å². The Bertz CT molecular complexity index is 1200. The molecule has 3 aromatic rings. The monoisotopic (exact) mass is 473 g/mol. The fraction of sp³-hybridized carbons (Fsp3) is 0.500. The highest BCUT2D eigenvalue weighted by Crippen LogP contribution is 2.33. The van der Waals surface area contributed by atoms with E-state index in [0.29, 0.717) is 32.0 Å². The number of hydrogen-bond acceptors (Lipinski definition) is 6. The van der Waals surface area contributed by atoms with Crippen LogP contribution in [0, 0.1) is 12.8 Å². The highest BCUT2D eigenvalue weighted by atomic mass is 16.5. The lowest BCUT2D eigenvalue weighted by molar-refractivity contribution is 0.0730. The van der Waals surface area contributed by atoms with Crippen molar-refractivity contribution in [2.45, 2.75) is 38.5 Å². The molecule has 2 fully saturated rings. The summed E-state index contributed by atoms with van der Waals surface area (Å²) in [5.74, 6) is 0.973. The summed E-state index contributed by atoms with van der Waals surface area (Å²) < 4.78 is 5.92. The van der Waals surface area contributed by atoms with E-state index >= 15 is 0 Å². The van der Waals surface area contributed by atoms with Crippen molar-refractivity contribution in [1.29, 1.82) is 0 Å². The Labute approximate surface area is 207 Å². The number of likely N-dealkylation sites (tertiary alicyclic amines) is 1. The molecule has 0 aliphatic carbocycles. The van der Waals surface area contributed by atoms with Gasteiger partial charge in [-0.25, -0.2) is 9.97 Å². The molecule has 184 valence electrons. The summed E-state index contributed by atoms with van der Waals surface area (Å²) in [6.07, 6.45) is 4.65. The quantitative estimate of drug-likeness (QED) is 0.576. The number of aryl methyl sites for hydroxylation is 1. The minimum atomic E-state index is -0.0979. The van der Waals surface area contributed by atoms with E-state index in [4.69, 9.17) is 14.7 Å². The lowest BCUT2D eigenvalue weighted by Crippen LogP contribution is -2.41. The number of rotatable bonds is 4. The minimum Gasteiger partial charge on any atom is -0.379 e. The van der Waals surface area contributed by atoms with E-state index in [-0.39, 0.29) is 17.2 Å². The van der Waals surface area contributed by atoms with Gasteiger partial charge in [-0.2, -0.15) is 0 Å². The molecule has 0 radical (unpaired) electrons. The molecule has 0 saturated carbocycles. The molecule has 2 saturated heterocycles. The van der Waals surface area contributed by atoms with E-state index in [1.807, 2.05) is 30.2 Å². The van der Waals surface area contributed by atoms with Crippen LogP contribution in [0.5, 0.6) is 0 Å². The van der Waals surface area contributed by atoms with Gasteiger partial charge in [-0.05, 0) is 64.0 Å². The summed E-state index contributed by atoms with van der Waals surface area (Å²) in [5, 5.41) is 1.14. The van der Waals surface area contributed by atoms with Crippen LogP contribution in [0.15, 0.2) is 42.6 Å². The molecule has 7 heteroatoms. The SMILES string of the molecule is Cc1cc(C(=O)N2CCOCC(Cc3cccc4cccnc34)C2)nc(C2(C)CCN(C)CC2)n1. The minimum absolute atomic E-state index is 0.0279. The van der Waals surface area contributed by atoms with Crippen LogP contribution < -0.4 is 0 Å². The standard InChI is InChI=1S/C28H35N5O2/c1-20-16-24(31-27(30-20)28(2)9-12-32(3)13-10-28)26(34)33-14-15-35-19-21(18-33)17-23-7-4-6-22-8-5-11-29-25(22)23/h4-8,11,16,21H,9-10,12-15,17-19H2,1-3H3. The number of piperidine rings is 1. The fourth-order valence-corrected chi connectivity index (χ4v) is 5.28. The first-order valence-corrected chi connectivity index (χ1v) is 12.7. The number of amides is 1. The molecule has 2 aromatic heterocycles. The summed E-state index contributed by atoms with van der Waals surface area (Å²) in [6.45, 7) is 8.62. The van der Waals surface area contributed by atoms with E-state index in [9.17, 15) is 4.79 Å². The Balaban J connectivity index is 1.36. The topological polar surface area (TPSA) is 71.5 Å². The summed E-state index contributed by atoms with van der Waals surface area (Å²) in [6, 6.07) is 12.2.